The molecule has 0 saturated carbocycles. The Hall–Kier alpha value is -1.05. The fraction of sp³-hybridized carbons (Fsp3) is 0.154. The monoisotopic (exact) mass is 254 g/mol. The second kappa shape index (κ2) is 4.86. The molecule has 1 nitrogen and oxygen atoms in total. The Balaban J connectivity index is 0.000000640. The number of carbonyl (C=O) groups is 1. The van der Waals surface area contributed by atoms with Gasteiger partial charge in [0.25, 0.3) is 0 Å². The van der Waals surface area contributed by atoms with Gasteiger partial charge in [-0.25, -0.2) is 0 Å². The highest BCUT2D eigenvalue weighted by Gasteiger charge is 2.14. The molecular formula is C13H12Cl2O. The second-order valence-corrected chi connectivity index (χ2v) is 3.77. The van der Waals surface area contributed by atoms with Crippen molar-refractivity contribution in [1.82, 2.24) is 0 Å². The van der Waals surface area contributed by atoms with Gasteiger partial charge in [-0.3, -0.25) is 4.79 Å². The van der Waals surface area contributed by atoms with Crippen LogP contribution in [0.1, 0.15) is 21.5 Å². The molecule has 0 aliphatic heterocycles. The number of hydrogen-bond donors (Lipinski definition) is 0. The van der Waals surface area contributed by atoms with Gasteiger partial charge in [-0.05, 0) is 34.7 Å². The van der Waals surface area contributed by atoms with Crippen molar-refractivity contribution in [2.75, 3.05) is 0 Å². The van der Waals surface area contributed by atoms with Crippen molar-refractivity contribution in [3.63, 3.8) is 0 Å². The third-order valence-corrected chi connectivity index (χ3v) is 3.04. The van der Waals surface area contributed by atoms with Crippen LogP contribution < -0.4 is 0 Å². The summed E-state index contributed by atoms with van der Waals surface area (Å²) in [6, 6.07) is 10.3. The van der Waals surface area contributed by atoms with Crippen LogP contribution >= 0.6 is 24.8 Å². The SMILES string of the molecule is Cl.Cl.O=Cc1ccc2c3c(cccc13)CC2. The van der Waals surface area contributed by atoms with Gasteiger partial charge in [0, 0.05) is 5.56 Å². The van der Waals surface area contributed by atoms with E-state index in [1.165, 1.54) is 16.5 Å². The lowest BCUT2D eigenvalue weighted by Gasteiger charge is -2.03. The van der Waals surface area contributed by atoms with E-state index in [1.54, 1.807) is 0 Å². The highest BCUT2D eigenvalue weighted by Crippen LogP contribution is 2.31. The second-order valence-electron chi connectivity index (χ2n) is 3.77. The molecule has 0 unspecified atom stereocenters. The Morgan fingerprint density at radius 3 is 2.31 bits per heavy atom. The Morgan fingerprint density at radius 2 is 1.62 bits per heavy atom. The minimum atomic E-state index is 0. The minimum absolute atomic E-state index is 0. The van der Waals surface area contributed by atoms with E-state index in [2.05, 4.69) is 12.1 Å². The van der Waals surface area contributed by atoms with Gasteiger partial charge in [-0.1, -0.05) is 30.3 Å². The quantitative estimate of drug-likeness (QED) is 0.711. The molecule has 0 fully saturated rings. The molecule has 0 radical (unpaired) electrons. The van der Waals surface area contributed by atoms with Crippen LogP contribution in [0.25, 0.3) is 10.8 Å². The van der Waals surface area contributed by atoms with Crippen molar-refractivity contribution in [3.05, 3.63) is 47.0 Å². The van der Waals surface area contributed by atoms with Gasteiger partial charge in [0.1, 0.15) is 0 Å². The summed E-state index contributed by atoms with van der Waals surface area (Å²) in [6.07, 6.45) is 3.19. The Labute approximate surface area is 107 Å². The predicted octanol–water partition coefficient (Wildman–Crippen LogP) is 3.59. The first-order valence-corrected chi connectivity index (χ1v) is 4.89. The summed E-state index contributed by atoms with van der Waals surface area (Å²) in [5.41, 5.74) is 3.59. The zero-order chi connectivity index (χ0) is 9.54. The lowest BCUT2D eigenvalue weighted by Crippen LogP contribution is -1.85. The highest BCUT2D eigenvalue weighted by atomic mass is 35.5. The third-order valence-electron chi connectivity index (χ3n) is 3.04. The van der Waals surface area contributed by atoms with Crippen molar-refractivity contribution in [1.29, 1.82) is 0 Å². The van der Waals surface area contributed by atoms with E-state index in [9.17, 15) is 4.79 Å². The van der Waals surface area contributed by atoms with Gasteiger partial charge in [-0.15, -0.1) is 24.8 Å². The normalized spacial score (nSPS) is 11.8. The first kappa shape index (κ1) is 13.0. The molecule has 0 atom stereocenters. The summed E-state index contributed by atoms with van der Waals surface area (Å²) in [6.45, 7) is 0. The number of hydrogen-bond acceptors (Lipinski definition) is 1. The van der Waals surface area contributed by atoms with Crippen molar-refractivity contribution < 1.29 is 4.79 Å². The average Bonchev–Trinajstić information content (AvgIpc) is 2.65. The van der Waals surface area contributed by atoms with E-state index in [4.69, 9.17) is 0 Å². The number of rotatable bonds is 1. The Bertz CT molecular complexity index is 524. The smallest absolute Gasteiger partial charge is 0.150 e. The molecule has 0 spiro atoms. The largest absolute Gasteiger partial charge is 0.298 e. The lowest BCUT2D eigenvalue weighted by atomic mass is 10.0. The molecule has 0 bridgehead atoms. The number of carbonyl (C=O) groups excluding carboxylic acids is 1. The molecule has 0 N–H and O–H groups in total. The standard InChI is InChI=1S/C13H10O.2ClH/c14-8-11-7-6-10-5-4-9-2-1-3-12(11)13(9)10;;/h1-3,6-8H,4-5H2;2*1H. The van der Waals surface area contributed by atoms with Gasteiger partial charge in [0.2, 0.25) is 0 Å². The molecule has 16 heavy (non-hydrogen) atoms. The summed E-state index contributed by atoms with van der Waals surface area (Å²) in [7, 11) is 0. The number of aryl methyl sites for hydroxylation is 2. The number of benzene rings is 2. The Kier molecular flexibility index (Phi) is 3.95. The molecule has 84 valence electrons. The van der Waals surface area contributed by atoms with E-state index < -0.39 is 0 Å². The maximum Gasteiger partial charge on any atom is 0.150 e. The molecule has 0 aromatic heterocycles. The van der Waals surface area contributed by atoms with E-state index in [0.29, 0.717) is 0 Å². The molecule has 0 heterocycles. The summed E-state index contributed by atoms with van der Waals surface area (Å²) in [4.78, 5) is 10.9. The van der Waals surface area contributed by atoms with Crippen molar-refractivity contribution in [2.24, 2.45) is 0 Å². The maximum absolute atomic E-state index is 10.9. The summed E-state index contributed by atoms with van der Waals surface area (Å²) in [5, 5.41) is 2.43. The molecule has 0 amide bonds. The van der Waals surface area contributed by atoms with Crippen molar-refractivity contribution in [2.45, 2.75) is 12.8 Å². The lowest BCUT2D eigenvalue weighted by molar-refractivity contribution is 0.112. The first-order chi connectivity index (χ1) is 6.90. The Morgan fingerprint density at radius 1 is 0.938 bits per heavy atom. The van der Waals surface area contributed by atoms with Gasteiger partial charge in [0.15, 0.2) is 6.29 Å². The zero-order valence-corrected chi connectivity index (χ0v) is 10.2. The summed E-state index contributed by atoms with van der Waals surface area (Å²) < 4.78 is 0. The fourth-order valence-corrected chi connectivity index (χ4v) is 2.37. The highest BCUT2D eigenvalue weighted by molar-refractivity contribution is 6.01. The molecule has 2 aromatic carbocycles. The van der Waals surface area contributed by atoms with E-state index >= 15 is 0 Å². The molecule has 1 aliphatic carbocycles. The van der Waals surface area contributed by atoms with Crippen LogP contribution in [0.4, 0.5) is 0 Å². The van der Waals surface area contributed by atoms with E-state index in [-0.39, 0.29) is 24.8 Å². The number of halogens is 2. The van der Waals surface area contributed by atoms with Gasteiger partial charge >= 0.3 is 0 Å². The molecule has 2 aromatic rings. The van der Waals surface area contributed by atoms with Crippen LogP contribution in [0.3, 0.4) is 0 Å². The van der Waals surface area contributed by atoms with Gasteiger partial charge in [-0.2, -0.15) is 0 Å². The molecular weight excluding hydrogens is 243 g/mol. The summed E-state index contributed by atoms with van der Waals surface area (Å²) in [5.74, 6) is 0. The summed E-state index contributed by atoms with van der Waals surface area (Å²) >= 11 is 0. The number of aldehydes is 1. The van der Waals surface area contributed by atoms with E-state index in [0.717, 1.165) is 30.1 Å². The topological polar surface area (TPSA) is 17.1 Å². The van der Waals surface area contributed by atoms with Crippen LogP contribution in [-0.2, 0) is 12.8 Å². The predicted molar refractivity (Wildman–Crippen MR) is 71.2 cm³/mol. The van der Waals surface area contributed by atoms with Crippen LogP contribution in [-0.4, -0.2) is 6.29 Å². The molecule has 0 saturated heterocycles. The average molecular weight is 255 g/mol. The van der Waals surface area contributed by atoms with Gasteiger partial charge in [0.05, 0.1) is 0 Å². The molecule has 1 aliphatic rings. The minimum Gasteiger partial charge on any atom is -0.298 e. The third kappa shape index (κ3) is 1.70. The van der Waals surface area contributed by atoms with Crippen LogP contribution in [0.5, 0.6) is 0 Å². The van der Waals surface area contributed by atoms with Gasteiger partial charge < -0.3 is 0 Å². The zero-order valence-electron chi connectivity index (χ0n) is 8.60. The fourth-order valence-electron chi connectivity index (χ4n) is 2.37. The van der Waals surface area contributed by atoms with Crippen molar-refractivity contribution in [3.8, 4) is 0 Å². The van der Waals surface area contributed by atoms with Crippen LogP contribution in [0, 0.1) is 0 Å². The van der Waals surface area contributed by atoms with Crippen LogP contribution in [0.2, 0.25) is 0 Å². The van der Waals surface area contributed by atoms with Crippen molar-refractivity contribution >= 4 is 41.9 Å². The molecule has 3 heteroatoms. The van der Waals surface area contributed by atoms with E-state index in [1.807, 2.05) is 18.2 Å². The first-order valence-electron chi connectivity index (χ1n) is 4.89. The maximum atomic E-state index is 10.9. The van der Waals surface area contributed by atoms with Crippen LogP contribution in [0.15, 0.2) is 30.3 Å². The molecule has 3 rings (SSSR count).